The van der Waals surface area contributed by atoms with Gasteiger partial charge >= 0.3 is 0 Å². The first-order valence-electron chi connectivity index (χ1n) is 7.23. The van der Waals surface area contributed by atoms with Gasteiger partial charge in [0.25, 0.3) is 5.91 Å². The van der Waals surface area contributed by atoms with E-state index in [9.17, 15) is 13.2 Å². The Morgan fingerprint density at radius 3 is 2.46 bits per heavy atom. The predicted octanol–water partition coefficient (Wildman–Crippen LogP) is 3.52. The first kappa shape index (κ1) is 19.1. The van der Waals surface area contributed by atoms with E-state index in [2.05, 4.69) is 26.0 Å². The Bertz CT molecular complexity index is 839. The van der Waals surface area contributed by atoms with Gasteiger partial charge in [0.2, 0.25) is 10.0 Å². The Kier molecular flexibility index (Phi) is 5.85. The molecule has 0 aliphatic heterocycles. The highest BCUT2D eigenvalue weighted by Crippen LogP contribution is 2.23. The molecule has 0 unspecified atom stereocenters. The van der Waals surface area contributed by atoms with E-state index in [4.69, 9.17) is 0 Å². The minimum absolute atomic E-state index is 0.129. The number of hydrogen-bond acceptors (Lipinski definition) is 4. The molecule has 5 nitrogen and oxygen atoms in total. The molecule has 1 aromatic heterocycles. The molecule has 2 aromatic rings. The standard InChI is InChI=1S/C16H19BrN2O3S2/c1-16(2,3)19-24(21,22)13-7-5-4-6-11(13)10-18-15(20)14-12(17)8-9-23-14/h4-9,19H,10H2,1-3H3,(H,18,20). The highest BCUT2D eigenvalue weighted by molar-refractivity contribution is 9.10. The highest BCUT2D eigenvalue weighted by Gasteiger charge is 2.24. The van der Waals surface area contributed by atoms with Gasteiger partial charge in [-0.25, -0.2) is 13.1 Å². The van der Waals surface area contributed by atoms with Crippen molar-refractivity contribution in [1.29, 1.82) is 0 Å². The molecule has 1 heterocycles. The van der Waals surface area contributed by atoms with Crippen molar-refractivity contribution in [2.75, 3.05) is 0 Å². The monoisotopic (exact) mass is 430 g/mol. The van der Waals surface area contributed by atoms with Crippen LogP contribution in [-0.2, 0) is 16.6 Å². The van der Waals surface area contributed by atoms with Crippen LogP contribution in [0.3, 0.4) is 0 Å². The first-order chi connectivity index (χ1) is 11.1. The lowest BCUT2D eigenvalue weighted by molar-refractivity contribution is 0.0954. The molecule has 0 saturated carbocycles. The lowest BCUT2D eigenvalue weighted by Gasteiger charge is -2.21. The highest BCUT2D eigenvalue weighted by atomic mass is 79.9. The second kappa shape index (κ2) is 7.35. The molecular formula is C16H19BrN2O3S2. The molecule has 0 fully saturated rings. The number of nitrogens with one attached hydrogen (secondary N) is 2. The van der Waals surface area contributed by atoms with Gasteiger partial charge in [0.15, 0.2) is 0 Å². The third kappa shape index (κ3) is 4.89. The number of benzene rings is 1. The van der Waals surface area contributed by atoms with E-state index in [1.807, 2.05) is 5.38 Å². The third-order valence-corrected chi connectivity index (χ3v) is 6.66. The average molecular weight is 431 g/mol. The van der Waals surface area contributed by atoms with Crippen LogP contribution >= 0.6 is 27.3 Å². The zero-order valence-electron chi connectivity index (χ0n) is 13.6. The molecule has 24 heavy (non-hydrogen) atoms. The van der Waals surface area contributed by atoms with Crippen LogP contribution in [0.5, 0.6) is 0 Å². The van der Waals surface area contributed by atoms with E-state index < -0.39 is 15.6 Å². The molecule has 8 heteroatoms. The molecule has 0 radical (unpaired) electrons. The van der Waals surface area contributed by atoms with Crippen LogP contribution in [0, 0.1) is 0 Å². The summed E-state index contributed by atoms with van der Waals surface area (Å²) in [5.41, 5.74) is -0.0490. The van der Waals surface area contributed by atoms with Crippen LogP contribution < -0.4 is 10.0 Å². The summed E-state index contributed by atoms with van der Waals surface area (Å²) in [6.07, 6.45) is 0. The zero-order valence-corrected chi connectivity index (χ0v) is 16.8. The number of hydrogen-bond donors (Lipinski definition) is 2. The molecule has 1 amide bonds. The van der Waals surface area contributed by atoms with Gasteiger partial charge in [0.05, 0.1) is 4.90 Å². The SMILES string of the molecule is CC(C)(C)NS(=O)(=O)c1ccccc1CNC(=O)c1sccc1Br. The number of carbonyl (C=O) groups is 1. The molecule has 1 aromatic carbocycles. The smallest absolute Gasteiger partial charge is 0.262 e. The molecule has 0 aliphatic carbocycles. The van der Waals surface area contributed by atoms with Crippen LogP contribution in [-0.4, -0.2) is 19.9 Å². The summed E-state index contributed by atoms with van der Waals surface area (Å²) in [4.78, 5) is 12.9. The van der Waals surface area contributed by atoms with Crippen molar-refractivity contribution in [3.63, 3.8) is 0 Å². The number of sulfonamides is 1. The van der Waals surface area contributed by atoms with Crippen molar-refractivity contribution in [3.05, 3.63) is 50.6 Å². The molecule has 0 bridgehead atoms. The fourth-order valence-corrected chi connectivity index (χ4v) is 5.21. The fraction of sp³-hybridized carbons (Fsp3) is 0.312. The number of thiophene rings is 1. The minimum atomic E-state index is -3.67. The van der Waals surface area contributed by atoms with Crippen LogP contribution in [0.15, 0.2) is 45.1 Å². The molecule has 0 spiro atoms. The average Bonchev–Trinajstić information content (AvgIpc) is 2.89. The lowest BCUT2D eigenvalue weighted by atomic mass is 10.1. The van der Waals surface area contributed by atoms with Crippen molar-refractivity contribution in [1.82, 2.24) is 10.0 Å². The van der Waals surface area contributed by atoms with Crippen LogP contribution in [0.25, 0.3) is 0 Å². The molecule has 2 N–H and O–H groups in total. The predicted molar refractivity (Wildman–Crippen MR) is 99.7 cm³/mol. The maximum Gasteiger partial charge on any atom is 0.262 e. The third-order valence-electron chi connectivity index (χ3n) is 2.97. The van der Waals surface area contributed by atoms with Gasteiger partial charge in [-0.05, 0) is 59.8 Å². The van der Waals surface area contributed by atoms with Gasteiger partial charge in [0, 0.05) is 16.6 Å². The first-order valence-corrected chi connectivity index (χ1v) is 10.4. The molecule has 0 saturated heterocycles. The van der Waals surface area contributed by atoms with E-state index >= 15 is 0 Å². The summed E-state index contributed by atoms with van der Waals surface area (Å²) in [5.74, 6) is -0.243. The quantitative estimate of drug-likeness (QED) is 0.761. The van der Waals surface area contributed by atoms with Gasteiger partial charge in [-0.15, -0.1) is 11.3 Å². The Morgan fingerprint density at radius 2 is 1.88 bits per heavy atom. The van der Waals surface area contributed by atoms with E-state index in [1.54, 1.807) is 45.0 Å². The Labute approximate surface area is 154 Å². The Hall–Kier alpha value is -1.22. The van der Waals surface area contributed by atoms with Crippen LogP contribution in [0.1, 0.15) is 36.0 Å². The van der Waals surface area contributed by atoms with Gasteiger partial charge in [-0.2, -0.15) is 0 Å². The maximum atomic E-state index is 12.6. The normalized spacial score (nSPS) is 12.2. The number of rotatable bonds is 5. The van der Waals surface area contributed by atoms with Crippen molar-refractivity contribution >= 4 is 43.2 Å². The zero-order chi connectivity index (χ0) is 18.0. The van der Waals surface area contributed by atoms with Crippen molar-refractivity contribution in [2.24, 2.45) is 0 Å². The van der Waals surface area contributed by atoms with Gasteiger partial charge in [0.1, 0.15) is 4.88 Å². The summed E-state index contributed by atoms with van der Waals surface area (Å²) >= 11 is 4.64. The van der Waals surface area contributed by atoms with E-state index in [0.717, 1.165) is 4.47 Å². The second-order valence-electron chi connectivity index (χ2n) is 6.24. The number of halogens is 1. The molecule has 130 valence electrons. The molecular weight excluding hydrogens is 412 g/mol. The van der Waals surface area contributed by atoms with Crippen LogP contribution in [0.2, 0.25) is 0 Å². The molecule has 2 rings (SSSR count). The maximum absolute atomic E-state index is 12.6. The summed E-state index contributed by atoms with van der Waals surface area (Å²) in [6.45, 7) is 5.47. The molecule has 0 aliphatic rings. The van der Waals surface area contributed by atoms with Crippen LogP contribution in [0.4, 0.5) is 0 Å². The lowest BCUT2D eigenvalue weighted by Crippen LogP contribution is -2.41. The topological polar surface area (TPSA) is 75.3 Å². The number of carbonyl (C=O) groups excluding carboxylic acids is 1. The van der Waals surface area contributed by atoms with Gasteiger partial charge in [-0.3, -0.25) is 4.79 Å². The minimum Gasteiger partial charge on any atom is -0.347 e. The van der Waals surface area contributed by atoms with Gasteiger partial charge < -0.3 is 5.32 Å². The fourth-order valence-electron chi connectivity index (χ4n) is 2.08. The van der Waals surface area contributed by atoms with Crippen molar-refractivity contribution in [2.45, 2.75) is 37.8 Å². The summed E-state index contributed by atoms with van der Waals surface area (Å²) in [7, 11) is -3.67. The van der Waals surface area contributed by atoms with E-state index in [1.165, 1.54) is 17.4 Å². The Balaban J connectivity index is 2.21. The van der Waals surface area contributed by atoms with E-state index in [-0.39, 0.29) is 17.3 Å². The molecule has 0 atom stereocenters. The van der Waals surface area contributed by atoms with Crippen molar-refractivity contribution < 1.29 is 13.2 Å². The summed E-state index contributed by atoms with van der Waals surface area (Å²) in [6, 6.07) is 8.44. The van der Waals surface area contributed by atoms with Crippen molar-refractivity contribution in [3.8, 4) is 0 Å². The number of amides is 1. The summed E-state index contributed by atoms with van der Waals surface area (Å²) in [5, 5.41) is 4.58. The largest absolute Gasteiger partial charge is 0.347 e. The summed E-state index contributed by atoms with van der Waals surface area (Å²) < 4.78 is 28.5. The Morgan fingerprint density at radius 1 is 1.21 bits per heavy atom. The second-order valence-corrected chi connectivity index (χ2v) is 9.66. The van der Waals surface area contributed by atoms with Gasteiger partial charge in [-0.1, -0.05) is 18.2 Å². The van der Waals surface area contributed by atoms with E-state index in [0.29, 0.717) is 10.4 Å².